The Morgan fingerprint density at radius 2 is 1.77 bits per heavy atom. The van der Waals surface area contributed by atoms with Gasteiger partial charge in [0.15, 0.2) is 0 Å². The van der Waals surface area contributed by atoms with Crippen molar-refractivity contribution >= 4 is 17.0 Å². The minimum Gasteiger partial charge on any atom is -0.486 e. The molecule has 1 heterocycles. The van der Waals surface area contributed by atoms with E-state index in [-0.39, 0.29) is 17.9 Å². The number of carbonyl (C=O) groups is 1. The average Bonchev–Trinajstić information content (AvgIpc) is 3.01. The smallest absolute Gasteiger partial charge is 0.335 e. The van der Waals surface area contributed by atoms with E-state index in [1.54, 1.807) is 41.9 Å². The quantitative estimate of drug-likeness (QED) is 0.488. The fourth-order valence-corrected chi connectivity index (χ4v) is 3.00. The topological polar surface area (TPSA) is 73.6 Å². The SMILES string of the molecule is Cn1c(COc2cc(F)cc(C(=O)O)c2)nc2ccc(Oc3cccc(F)c3)cc21. The first kappa shape index (κ1) is 19.4. The lowest BCUT2D eigenvalue weighted by Crippen LogP contribution is -2.05. The van der Waals surface area contributed by atoms with Crippen molar-refractivity contribution in [1.29, 1.82) is 0 Å². The second kappa shape index (κ2) is 7.82. The Hall–Kier alpha value is -3.94. The van der Waals surface area contributed by atoms with Crippen molar-refractivity contribution in [1.82, 2.24) is 9.55 Å². The van der Waals surface area contributed by atoms with Crippen LogP contribution in [0.15, 0.2) is 60.7 Å². The minimum absolute atomic E-state index is 0.00772. The van der Waals surface area contributed by atoms with Crippen LogP contribution in [0.25, 0.3) is 11.0 Å². The van der Waals surface area contributed by atoms with Gasteiger partial charge in [0.05, 0.1) is 16.6 Å². The van der Waals surface area contributed by atoms with Crippen molar-refractivity contribution < 1.29 is 28.2 Å². The van der Waals surface area contributed by atoms with Gasteiger partial charge in [0, 0.05) is 25.2 Å². The Bertz CT molecular complexity index is 1250. The molecule has 6 nitrogen and oxygen atoms in total. The summed E-state index contributed by atoms with van der Waals surface area (Å²) in [5.74, 6) is -0.803. The number of hydrogen-bond acceptors (Lipinski definition) is 4. The summed E-state index contributed by atoms with van der Waals surface area (Å²) in [6, 6.07) is 14.4. The van der Waals surface area contributed by atoms with Crippen molar-refractivity contribution in [3.63, 3.8) is 0 Å². The lowest BCUT2D eigenvalue weighted by molar-refractivity contribution is 0.0695. The van der Waals surface area contributed by atoms with Crippen molar-refractivity contribution in [2.24, 2.45) is 7.05 Å². The molecule has 0 atom stereocenters. The molecule has 0 unspecified atom stereocenters. The van der Waals surface area contributed by atoms with Crippen LogP contribution in [0.4, 0.5) is 8.78 Å². The number of benzene rings is 3. The van der Waals surface area contributed by atoms with Gasteiger partial charge in [0.25, 0.3) is 0 Å². The van der Waals surface area contributed by atoms with E-state index in [4.69, 9.17) is 14.6 Å². The predicted molar refractivity (Wildman–Crippen MR) is 105 cm³/mol. The van der Waals surface area contributed by atoms with E-state index in [1.807, 2.05) is 0 Å². The normalized spacial score (nSPS) is 10.9. The predicted octanol–water partition coefficient (Wildman–Crippen LogP) is 4.92. The highest BCUT2D eigenvalue weighted by atomic mass is 19.1. The van der Waals surface area contributed by atoms with Crippen molar-refractivity contribution in [3.05, 3.63) is 83.7 Å². The van der Waals surface area contributed by atoms with Gasteiger partial charge in [0.1, 0.15) is 41.3 Å². The molecule has 0 amide bonds. The monoisotopic (exact) mass is 410 g/mol. The van der Waals surface area contributed by atoms with Crippen molar-refractivity contribution in [2.75, 3.05) is 0 Å². The highest BCUT2D eigenvalue weighted by Gasteiger charge is 2.12. The van der Waals surface area contributed by atoms with Gasteiger partial charge in [-0.05, 0) is 36.4 Å². The van der Waals surface area contributed by atoms with Crippen molar-refractivity contribution in [2.45, 2.75) is 6.61 Å². The molecule has 0 spiro atoms. The lowest BCUT2D eigenvalue weighted by atomic mass is 10.2. The summed E-state index contributed by atoms with van der Waals surface area (Å²) in [6.07, 6.45) is 0. The van der Waals surface area contributed by atoms with Gasteiger partial charge in [0.2, 0.25) is 0 Å². The maximum atomic E-state index is 13.6. The van der Waals surface area contributed by atoms with E-state index >= 15 is 0 Å². The summed E-state index contributed by atoms with van der Waals surface area (Å²) >= 11 is 0. The largest absolute Gasteiger partial charge is 0.486 e. The number of aryl methyl sites for hydroxylation is 1. The van der Waals surface area contributed by atoms with E-state index in [0.29, 0.717) is 22.8 Å². The van der Waals surface area contributed by atoms with E-state index in [1.165, 1.54) is 18.2 Å². The Morgan fingerprint density at radius 1 is 1.00 bits per heavy atom. The molecule has 0 radical (unpaired) electrons. The highest BCUT2D eigenvalue weighted by Crippen LogP contribution is 2.27. The molecule has 4 rings (SSSR count). The molecule has 0 aliphatic carbocycles. The van der Waals surface area contributed by atoms with Gasteiger partial charge >= 0.3 is 5.97 Å². The van der Waals surface area contributed by atoms with Crippen LogP contribution in [0.2, 0.25) is 0 Å². The number of rotatable bonds is 6. The molecule has 0 bridgehead atoms. The van der Waals surface area contributed by atoms with E-state index < -0.39 is 17.6 Å². The zero-order valence-electron chi connectivity index (χ0n) is 15.8. The minimum atomic E-state index is -1.24. The summed E-state index contributed by atoms with van der Waals surface area (Å²) in [7, 11) is 1.79. The van der Waals surface area contributed by atoms with Crippen LogP contribution >= 0.6 is 0 Å². The lowest BCUT2D eigenvalue weighted by Gasteiger charge is -2.08. The number of carboxylic acids is 1. The molecule has 3 aromatic carbocycles. The van der Waals surface area contributed by atoms with E-state index in [0.717, 1.165) is 17.6 Å². The zero-order chi connectivity index (χ0) is 21.3. The van der Waals surface area contributed by atoms with Crippen LogP contribution in [-0.2, 0) is 13.7 Å². The number of imidazole rings is 1. The van der Waals surface area contributed by atoms with Crippen LogP contribution in [0.3, 0.4) is 0 Å². The average molecular weight is 410 g/mol. The zero-order valence-corrected chi connectivity index (χ0v) is 15.8. The molecule has 0 fully saturated rings. The number of fused-ring (bicyclic) bond motifs is 1. The molecule has 0 aliphatic rings. The molecule has 8 heteroatoms. The third kappa shape index (κ3) is 4.07. The number of halogens is 2. The van der Waals surface area contributed by atoms with Crippen molar-refractivity contribution in [3.8, 4) is 17.2 Å². The van der Waals surface area contributed by atoms with Crippen LogP contribution in [0, 0.1) is 11.6 Å². The maximum Gasteiger partial charge on any atom is 0.335 e. The molecule has 1 N–H and O–H groups in total. The van der Waals surface area contributed by atoms with Gasteiger partial charge in [-0.15, -0.1) is 0 Å². The van der Waals surface area contributed by atoms with Crippen LogP contribution in [0.5, 0.6) is 17.2 Å². The molecule has 0 saturated carbocycles. The van der Waals surface area contributed by atoms with Gasteiger partial charge in [-0.1, -0.05) is 6.07 Å². The van der Waals surface area contributed by atoms with Gasteiger partial charge in [-0.25, -0.2) is 18.6 Å². The fourth-order valence-electron chi connectivity index (χ4n) is 3.00. The first-order valence-electron chi connectivity index (χ1n) is 8.94. The van der Waals surface area contributed by atoms with E-state index in [2.05, 4.69) is 4.98 Å². The third-order valence-electron chi connectivity index (χ3n) is 4.46. The number of aromatic nitrogens is 2. The molecule has 0 aliphatic heterocycles. The molecular formula is C22H16F2N2O4. The number of aromatic carboxylic acids is 1. The summed E-state index contributed by atoms with van der Waals surface area (Å²) in [5.41, 5.74) is 1.25. The Kier molecular flexibility index (Phi) is 5.05. The fraction of sp³-hybridized carbons (Fsp3) is 0.0909. The van der Waals surface area contributed by atoms with Crippen LogP contribution in [-0.4, -0.2) is 20.6 Å². The Morgan fingerprint density at radius 3 is 2.53 bits per heavy atom. The second-order valence-electron chi connectivity index (χ2n) is 6.57. The molecule has 4 aromatic rings. The van der Waals surface area contributed by atoms with Gasteiger partial charge in [-0.3, -0.25) is 0 Å². The Labute approximate surface area is 169 Å². The Balaban J connectivity index is 1.56. The summed E-state index contributed by atoms with van der Waals surface area (Å²) in [6.45, 7) is 0.00772. The number of nitrogens with zero attached hydrogens (tertiary/aromatic N) is 2. The van der Waals surface area contributed by atoms with Crippen LogP contribution in [0.1, 0.15) is 16.2 Å². The molecular weight excluding hydrogens is 394 g/mol. The van der Waals surface area contributed by atoms with Crippen LogP contribution < -0.4 is 9.47 Å². The molecule has 152 valence electrons. The number of ether oxygens (including phenoxy) is 2. The number of carboxylic acid groups (broad SMARTS) is 1. The van der Waals surface area contributed by atoms with E-state index in [9.17, 15) is 13.6 Å². The summed E-state index contributed by atoms with van der Waals surface area (Å²) in [5, 5.41) is 9.03. The first-order valence-corrected chi connectivity index (χ1v) is 8.94. The molecule has 0 saturated heterocycles. The third-order valence-corrected chi connectivity index (χ3v) is 4.46. The van der Waals surface area contributed by atoms with Gasteiger partial charge < -0.3 is 19.1 Å². The molecule has 30 heavy (non-hydrogen) atoms. The maximum absolute atomic E-state index is 13.6. The standard InChI is InChI=1S/C22H16F2N2O4/c1-26-20-11-17(30-16-4-2-3-14(23)9-16)5-6-19(20)25-21(26)12-29-18-8-13(22(27)28)7-15(24)10-18/h2-11H,12H2,1H3,(H,27,28). The number of hydrogen-bond donors (Lipinski definition) is 1. The first-order chi connectivity index (χ1) is 14.4. The summed E-state index contributed by atoms with van der Waals surface area (Å²) < 4.78 is 40.0. The molecule has 1 aromatic heterocycles. The summed E-state index contributed by atoms with van der Waals surface area (Å²) in [4.78, 5) is 15.5. The second-order valence-corrected chi connectivity index (χ2v) is 6.57. The van der Waals surface area contributed by atoms with Gasteiger partial charge in [-0.2, -0.15) is 0 Å². The highest BCUT2D eigenvalue weighted by molar-refractivity contribution is 5.88.